The van der Waals surface area contributed by atoms with Crippen LogP contribution in [0.3, 0.4) is 0 Å². The van der Waals surface area contributed by atoms with Crippen LogP contribution in [0.2, 0.25) is 6.04 Å². The number of unbranched alkanes of at least 4 members (excludes halogenated alkanes) is 2. The summed E-state index contributed by atoms with van der Waals surface area (Å²) in [5.74, 6) is 0. The molecule has 0 saturated heterocycles. The summed E-state index contributed by atoms with van der Waals surface area (Å²) < 4.78 is 4.92. The van der Waals surface area contributed by atoms with Crippen molar-refractivity contribution in [3.8, 4) is 0 Å². The first kappa shape index (κ1) is 9.14. The van der Waals surface area contributed by atoms with E-state index in [0.717, 1.165) is 13.0 Å². The highest BCUT2D eigenvalue weighted by molar-refractivity contribution is 6.26. The summed E-state index contributed by atoms with van der Waals surface area (Å²) >= 11 is 0. The molecular formula is C6H15NOSi. The van der Waals surface area contributed by atoms with Gasteiger partial charge in [-0.05, 0) is 19.0 Å². The third-order valence-corrected chi connectivity index (χ3v) is 1.97. The Kier molecular flexibility index (Phi) is 8.26. The molecule has 0 heterocycles. The molecule has 54 valence electrons. The molecule has 0 unspecified atom stereocenters. The molecule has 3 heteroatoms. The Morgan fingerprint density at radius 2 is 2.11 bits per heavy atom. The fraction of sp³-hybridized carbons (Fsp3) is 1.00. The first-order valence-electron chi connectivity index (χ1n) is 3.37. The van der Waals surface area contributed by atoms with Crippen molar-refractivity contribution in [2.75, 3.05) is 13.7 Å². The first-order chi connectivity index (χ1) is 4.41. The molecular weight excluding hydrogens is 130 g/mol. The van der Waals surface area contributed by atoms with E-state index in [4.69, 9.17) is 10.2 Å². The fourth-order valence-corrected chi connectivity index (χ4v) is 1.22. The normalized spacial score (nSPS) is 10.0. The highest BCUT2D eigenvalue weighted by Gasteiger charge is 1.88. The Morgan fingerprint density at radius 1 is 1.33 bits per heavy atom. The molecule has 0 saturated carbocycles. The van der Waals surface area contributed by atoms with Gasteiger partial charge >= 0.3 is 0 Å². The molecule has 0 bridgehead atoms. The van der Waals surface area contributed by atoms with Crippen LogP contribution in [0, 0.1) is 0 Å². The van der Waals surface area contributed by atoms with E-state index in [-0.39, 0.29) is 0 Å². The van der Waals surface area contributed by atoms with Crippen LogP contribution >= 0.6 is 0 Å². The minimum Gasteiger partial charge on any atom is -0.421 e. The van der Waals surface area contributed by atoms with Gasteiger partial charge in [-0.2, -0.15) is 0 Å². The van der Waals surface area contributed by atoms with Crippen molar-refractivity contribution in [3.05, 3.63) is 0 Å². The van der Waals surface area contributed by atoms with Gasteiger partial charge in [-0.15, -0.1) is 0 Å². The largest absolute Gasteiger partial charge is 0.421 e. The SMILES string of the molecule is CO[Si]CCCCCN. The van der Waals surface area contributed by atoms with Crippen LogP contribution in [0.4, 0.5) is 0 Å². The molecule has 0 fully saturated rings. The maximum atomic E-state index is 5.31. The van der Waals surface area contributed by atoms with Crippen molar-refractivity contribution in [1.82, 2.24) is 0 Å². The van der Waals surface area contributed by atoms with Crippen LogP contribution in [-0.4, -0.2) is 23.4 Å². The second kappa shape index (κ2) is 8.14. The summed E-state index contributed by atoms with van der Waals surface area (Å²) in [7, 11) is 2.44. The zero-order chi connectivity index (χ0) is 6.95. The Labute approximate surface area is 59.7 Å². The van der Waals surface area contributed by atoms with Gasteiger partial charge in [0.05, 0.1) is 0 Å². The highest BCUT2D eigenvalue weighted by Crippen LogP contribution is 1.97. The van der Waals surface area contributed by atoms with Gasteiger partial charge < -0.3 is 10.2 Å². The number of hydrogen-bond donors (Lipinski definition) is 1. The van der Waals surface area contributed by atoms with Crippen molar-refractivity contribution in [3.63, 3.8) is 0 Å². The predicted octanol–water partition coefficient (Wildman–Crippen LogP) is 0.799. The summed E-state index contributed by atoms with van der Waals surface area (Å²) in [5.41, 5.74) is 5.31. The molecule has 0 aromatic carbocycles. The Hall–Kier alpha value is 0.137. The van der Waals surface area contributed by atoms with Crippen LogP contribution < -0.4 is 5.73 Å². The average molecular weight is 145 g/mol. The van der Waals surface area contributed by atoms with Gasteiger partial charge in [-0.3, -0.25) is 0 Å². The molecule has 0 atom stereocenters. The summed E-state index contributed by atoms with van der Waals surface area (Å²) in [4.78, 5) is 0. The molecule has 0 aromatic heterocycles. The second-order valence-corrected chi connectivity index (χ2v) is 3.14. The first-order valence-corrected chi connectivity index (χ1v) is 4.49. The van der Waals surface area contributed by atoms with Gasteiger partial charge in [0.15, 0.2) is 0 Å². The van der Waals surface area contributed by atoms with E-state index in [2.05, 4.69) is 0 Å². The lowest BCUT2D eigenvalue weighted by Crippen LogP contribution is -1.98. The molecule has 2 radical (unpaired) electrons. The Bertz CT molecular complexity index is 46.3. The molecule has 2 nitrogen and oxygen atoms in total. The van der Waals surface area contributed by atoms with E-state index < -0.39 is 0 Å². The van der Waals surface area contributed by atoms with Gasteiger partial charge in [0.2, 0.25) is 9.76 Å². The van der Waals surface area contributed by atoms with E-state index in [9.17, 15) is 0 Å². The lowest BCUT2D eigenvalue weighted by Gasteiger charge is -1.95. The molecule has 0 spiro atoms. The van der Waals surface area contributed by atoms with Crippen molar-refractivity contribution < 1.29 is 4.43 Å². The van der Waals surface area contributed by atoms with Crippen molar-refractivity contribution in [1.29, 1.82) is 0 Å². The van der Waals surface area contributed by atoms with Crippen LogP contribution in [0.25, 0.3) is 0 Å². The smallest absolute Gasteiger partial charge is 0.229 e. The fourth-order valence-electron chi connectivity index (χ4n) is 0.620. The average Bonchev–Trinajstić information content (AvgIpc) is 1.89. The third kappa shape index (κ3) is 8.14. The topological polar surface area (TPSA) is 35.2 Å². The summed E-state index contributed by atoms with van der Waals surface area (Å²) in [6, 6.07) is 1.20. The van der Waals surface area contributed by atoms with Gasteiger partial charge in [-0.1, -0.05) is 12.8 Å². The minimum atomic E-state index is 0.685. The maximum absolute atomic E-state index is 5.31. The van der Waals surface area contributed by atoms with Gasteiger partial charge in [0, 0.05) is 7.11 Å². The molecule has 0 aliphatic heterocycles. The van der Waals surface area contributed by atoms with E-state index in [1.165, 1.54) is 18.9 Å². The lowest BCUT2D eigenvalue weighted by molar-refractivity contribution is 0.438. The zero-order valence-corrected chi connectivity index (χ0v) is 7.02. The lowest BCUT2D eigenvalue weighted by atomic mass is 10.2. The molecule has 0 aliphatic carbocycles. The predicted molar refractivity (Wildman–Crippen MR) is 40.5 cm³/mol. The summed E-state index contributed by atoms with van der Waals surface area (Å²) in [5, 5.41) is 0. The second-order valence-electron chi connectivity index (χ2n) is 1.95. The Balaban J connectivity index is 2.60. The van der Waals surface area contributed by atoms with E-state index in [1.54, 1.807) is 7.11 Å². The Morgan fingerprint density at radius 3 is 2.67 bits per heavy atom. The molecule has 0 aromatic rings. The summed E-state index contributed by atoms with van der Waals surface area (Å²) in [6.45, 7) is 0.829. The number of rotatable bonds is 6. The van der Waals surface area contributed by atoms with E-state index in [1.807, 2.05) is 0 Å². The monoisotopic (exact) mass is 145 g/mol. The molecule has 2 N–H and O–H groups in total. The van der Waals surface area contributed by atoms with Crippen LogP contribution in [0.15, 0.2) is 0 Å². The number of nitrogens with two attached hydrogens (primary N) is 1. The van der Waals surface area contributed by atoms with Crippen LogP contribution in [-0.2, 0) is 4.43 Å². The quantitative estimate of drug-likeness (QED) is 0.443. The van der Waals surface area contributed by atoms with Crippen molar-refractivity contribution in [2.24, 2.45) is 5.73 Å². The van der Waals surface area contributed by atoms with Crippen LogP contribution in [0.1, 0.15) is 19.3 Å². The van der Waals surface area contributed by atoms with Gasteiger partial charge in [0.1, 0.15) is 0 Å². The minimum absolute atomic E-state index is 0.685. The van der Waals surface area contributed by atoms with Crippen LogP contribution in [0.5, 0.6) is 0 Å². The number of hydrogen-bond acceptors (Lipinski definition) is 2. The van der Waals surface area contributed by atoms with Crippen molar-refractivity contribution in [2.45, 2.75) is 25.3 Å². The van der Waals surface area contributed by atoms with Gasteiger partial charge in [-0.25, -0.2) is 0 Å². The molecule has 0 rings (SSSR count). The molecule has 9 heavy (non-hydrogen) atoms. The van der Waals surface area contributed by atoms with E-state index >= 15 is 0 Å². The third-order valence-electron chi connectivity index (χ3n) is 1.13. The summed E-state index contributed by atoms with van der Waals surface area (Å²) in [6.07, 6.45) is 3.69. The molecule has 0 amide bonds. The van der Waals surface area contributed by atoms with Crippen molar-refractivity contribution >= 4 is 9.76 Å². The van der Waals surface area contributed by atoms with Gasteiger partial charge in [0.25, 0.3) is 0 Å². The van der Waals surface area contributed by atoms with E-state index in [0.29, 0.717) is 9.76 Å². The zero-order valence-electron chi connectivity index (χ0n) is 6.02. The maximum Gasteiger partial charge on any atom is 0.229 e. The molecule has 0 aliphatic rings. The highest BCUT2D eigenvalue weighted by atomic mass is 28.2. The standard InChI is InChI=1S/C6H15NOSi/c1-8-9-6-4-2-3-5-7/h2-7H2,1H3.